The van der Waals surface area contributed by atoms with Crippen LogP contribution in [0.2, 0.25) is 0 Å². The van der Waals surface area contributed by atoms with E-state index in [4.69, 9.17) is 9.47 Å². The summed E-state index contributed by atoms with van der Waals surface area (Å²) in [4.78, 5) is 4.46. The predicted molar refractivity (Wildman–Crippen MR) is 91.9 cm³/mol. The number of nitrogens with zero attached hydrogens (tertiary/aromatic N) is 1. The molecular weight excluding hydrogens is 288 g/mol. The summed E-state index contributed by atoms with van der Waals surface area (Å²) in [6.45, 7) is 2.17. The number of benzene rings is 2. The molecule has 4 heteroatoms. The van der Waals surface area contributed by atoms with Crippen LogP contribution in [0.4, 0.5) is 0 Å². The first-order valence-corrected chi connectivity index (χ1v) is 7.67. The Labute approximate surface area is 136 Å². The lowest BCUT2D eigenvalue weighted by atomic mass is 10.1. The van der Waals surface area contributed by atoms with E-state index in [0.717, 1.165) is 30.1 Å². The van der Waals surface area contributed by atoms with Crippen LogP contribution in [0.1, 0.15) is 5.56 Å². The second-order valence-electron chi connectivity index (χ2n) is 5.19. The molecule has 0 amide bonds. The quantitative estimate of drug-likeness (QED) is 0.679. The number of hydrogen-bond donors (Lipinski definition) is 1. The molecule has 0 spiro atoms. The Morgan fingerprint density at radius 3 is 2.57 bits per heavy atom. The van der Waals surface area contributed by atoms with E-state index in [1.807, 2.05) is 36.5 Å². The van der Waals surface area contributed by atoms with Crippen molar-refractivity contribution >= 4 is 10.9 Å². The average molecular weight is 308 g/mol. The first-order valence-electron chi connectivity index (χ1n) is 7.67. The molecule has 0 aliphatic rings. The number of fused-ring (bicyclic) bond motifs is 1. The highest BCUT2D eigenvalue weighted by molar-refractivity contribution is 5.81. The van der Waals surface area contributed by atoms with Crippen molar-refractivity contribution in [3.63, 3.8) is 0 Å². The molecule has 0 bridgehead atoms. The van der Waals surface area contributed by atoms with Gasteiger partial charge >= 0.3 is 0 Å². The van der Waals surface area contributed by atoms with Gasteiger partial charge in [-0.3, -0.25) is 4.98 Å². The van der Waals surface area contributed by atoms with Crippen molar-refractivity contribution in [2.75, 3.05) is 20.3 Å². The highest BCUT2D eigenvalue weighted by Crippen LogP contribution is 2.17. The third-order valence-corrected chi connectivity index (χ3v) is 3.64. The number of pyridine rings is 1. The van der Waals surface area contributed by atoms with Crippen molar-refractivity contribution < 1.29 is 9.47 Å². The molecule has 2 aromatic carbocycles. The largest absolute Gasteiger partial charge is 0.497 e. The molecule has 1 aromatic heterocycles. The first kappa shape index (κ1) is 15.3. The molecule has 0 aliphatic heterocycles. The zero-order valence-corrected chi connectivity index (χ0v) is 13.2. The number of ether oxygens (including phenoxy) is 2. The third-order valence-electron chi connectivity index (χ3n) is 3.64. The van der Waals surface area contributed by atoms with Crippen LogP contribution in [0.25, 0.3) is 10.9 Å². The van der Waals surface area contributed by atoms with Gasteiger partial charge in [-0.15, -0.1) is 0 Å². The van der Waals surface area contributed by atoms with Gasteiger partial charge in [-0.2, -0.15) is 0 Å². The minimum atomic E-state index is 0.616. The fourth-order valence-electron chi connectivity index (χ4n) is 2.45. The normalized spacial score (nSPS) is 10.7. The highest BCUT2D eigenvalue weighted by atomic mass is 16.5. The Kier molecular flexibility index (Phi) is 5.06. The van der Waals surface area contributed by atoms with Crippen LogP contribution in [-0.2, 0) is 6.54 Å². The van der Waals surface area contributed by atoms with E-state index in [1.54, 1.807) is 7.11 Å². The summed E-state index contributed by atoms with van der Waals surface area (Å²) in [6, 6.07) is 17.9. The van der Waals surface area contributed by atoms with Crippen LogP contribution in [0, 0.1) is 0 Å². The molecule has 0 saturated carbocycles. The summed E-state index contributed by atoms with van der Waals surface area (Å²) in [7, 11) is 1.65. The van der Waals surface area contributed by atoms with Crippen LogP contribution in [0.15, 0.2) is 60.8 Å². The Morgan fingerprint density at radius 1 is 0.957 bits per heavy atom. The van der Waals surface area contributed by atoms with Crippen molar-refractivity contribution in [1.82, 2.24) is 10.3 Å². The molecular formula is C19H20N2O2. The lowest BCUT2D eigenvalue weighted by Gasteiger charge is -2.09. The number of aromatic nitrogens is 1. The summed E-state index contributed by atoms with van der Waals surface area (Å²) in [5.74, 6) is 1.68. The fourth-order valence-corrected chi connectivity index (χ4v) is 2.45. The van der Waals surface area contributed by atoms with Gasteiger partial charge in [0.1, 0.15) is 18.1 Å². The molecule has 0 fully saturated rings. The van der Waals surface area contributed by atoms with E-state index in [-0.39, 0.29) is 0 Å². The monoisotopic (exact) mass is 308 g/mol. The van der Waals surface area contributed by atoms with Crippen molar-refractivity contribution in [2.24, 2.45) is 0 Å². The maximum absolute atomic E-state index is 5.70. The Hall–Kier alpha value is -2.59. The van der Waals surface area contributed by atoms with Gasteiger partial charge in [0.15, 0.2) is 0 Å². The second kappa shape index (κ2) is 7.61. The molecule has 0 aliphatic carbocycles. The molecule has 3 rings (SSSR count). The fraction of sp³-hybridized carbons (Fsp3) is 0.211. The first-order chi connectivity index (χ1) is 11.4. The summed E-state index contributed by atoms with van der Waals surface area (Å²) in [5, 5.41) is 4.56. The van der Waals surface area contributed by atoms with Crippen LogP contribution in [-0.4, -0.2) is 25.2 Å². The lowest BCUT2D eigenvalue weighted by Crippen LogP contribution is -2.20. The SMILES string of the molecule is COc1ccc(OCCNCc2cccc3cccnc23)cc1. The van der Waals surface area contributed by atoms with Gasteiger partial charge in [0, 0.05) is 24.7 Å². The van der Waals surface area contributed by atoms with Gasteiger partial charge in [0.05, 0.1) is 12.6 Å². The summed E-state index contributed by atoms with van der Waals surface area (Å²) in [6.07, 6.45) is 1.83. The van der Waals surface area contributed by atoms with E-state index in [9.17, 15) is 0 Å². The average Bonchev–Trinajstić information content (AvgIpc) is 2.62. The van der Waals surface area contributed by atoms with Crippen LogP contribution >= 0.6 is 0 Å². The van der Waals surface area contributed by atoms with Crippen molar-refractivity contribution in [3.05, 3.63) is 66.4 Å². The maximum atomic E-state index is 5.70. The van der Waals surface area contributed by atoms with E-state index >= 15 is 0 Å². The Balaban J connectivity index is 1.47. The van der Waals surface area contributed by atoms with E-state index in [1.165, 1.54) is 10.9 Å². The van der Waals surface area contributed by atoms with Gasteiger partial charge < -0.3 is 14.8 Å². The minimum Gasteiger partial charge on any atom is -0.497 e. The molecule has 4 nitrogen and oxygen atoms in total. The van der Waals surface area contributed by atoms with Gasteiger partial charge in [0.25, 0.3) is 0 Å². The zero-order chi connectivity index (χ0) is 15.9. The number of methoxy groups -OCH3 is 1. The van der Waals surface area contributed by atoms with Crippen LogP contribution < -0.4 is 14.8 Å². The van der Waals surface area contributed by atoms with E-state index < -0.39 is 0 Å². The minimum absolute atomic E-state index is 0.616. The van der Waals surface area contributed by atoms with E-state index in [0.29, 0.717) is 6.61 Å². The Bertz CT molecular complexity index is 751. The third kappa shape index (κ3) is 3.99. The highest BCUT2D eigenvalue weighted by Gasteiger charge is 2.01. The summed E-state index contributed by atoms with van der Waals surface area (Å²) in [5.41, 5.74) is 2.26. The van der Waals surface area contributed by atoms with Crippen LogP contribution in [0.3, 0.4) is 0 Å². The van der Waals surface area contributed by atoms with Gasteiger partial charge in [0.2, 0.25) is 0 Å². The number of para-hydroxylation sites is 1. The van der Waals surface area contributed by atoms with Gasteiger partial charge in [-0.1, -0.05) is 24.3 Å². The number of hydrogen-bond acceptors (Lipinski definition) is 4. The molecule has 1 heterocycles. The van der Waals surface area contributed by atoms with Gasteiger partial charge in [-0.25, -0.2) is 0 Å². The Morgan fingerprint density at radius 2 is 1.74 bits per heavy atom. The molecule has 23 heavy (non-hydrogen) atoms. The topological polar surface area (TPSA) is 43.4 Å². The summed E-state index contributed by atoms with van der Waals surface area (Å²) < 4.78 is 10.8. The molecule has 118 valence electrons. The summed E-state index contributed by atoms with van der Waals surface area (Å²) >= 11 is 0. The van der Waals surface area contributed by atoms with Crippen molar-refractivity contribution in [3.8, 4) is 11.5 Å². The standard InChI is InChI=1S/C19H20N2O2/c1-22-17-7-9-18(10-8-17)23-13-12-20-14-16-5-2-4-15-6-3-11-21-19(15)16/h2-11,20H,12-14H2,1H3. The molecule has 0 atom stereocenters. The van der Waals surface area contributed by atoms with Crippen LogP contribution in [0.5, 0.6) is 11.5 Å². The van der Waals surface area contributed by atoms with Crippen molar-refractivity contribution in [1.29, 1.82) is 0 Å². The second-order valence-corrected chi connectivity index (χ2v) is 5.19. The molecule has 0 saturated heterocycles. The van der Waals surface area contributed by atoms with E-state index in [2.05, 4.69) is 34.6 Å². The molecule has 0 radical (unpaired) electrons. The predicted octanol–water partition coefficient (Wildman–Crippen LogP) is 3.41. The number of rotatable bonds is 7. The zero-order valence-electron chi connectivity index (χ0n) is 13.2. The smallest absolute Gasteiger partial charge is 0.119 e. The lowest BCUT2D eigenvalue weighted by molar-refractivity contribution is 0.313. The van der Waals surface area contributed by atoms with Gasteiger partial charge in [-0.05, 0) is 35.9 Å². The van der Waals surface area contributed by atoms with Crippen molar-refractivity contribution in [2.45, 2.75) is 6.54 Å². The molecule has 1 N–H and O–H groups in total. The molecule has 0 unspecified atom stereocenters. The molecule has 3 aromatic rings. The number of nitrogens with one attached hydrogen (secondary N) is 1. The maximum Gasteiger partial charge on any atom is 0.119 e.